The normalized spacial score (nSPS) is 17.7. The summed E-state index contributed by atoms with van der Waals surface area (Å²) >= 11 is 0. The van der Waals surface area contributed by atoms with Crippen LogP contribution in [0.3, 0.4) is 0 Å². The monoisotopic (exact) mass is 393 g/mol. The van der Waals surface area contributed by atoms with Crippen molar-refractivity contribution in [2.24, 2.45) is 12.0 Å². The van der Waals surface area contributed by atoms with Crippen molar-refractivity contribution in [3.63, 3.8) is 0 Å². The minimum Gasteiger partial charge on any atom is -0.367 e. The van der Waals surface area contributed by atoms with Crippen molar-refractivity contribution >= 4 is 22.5 Å². The molecule has 3 aromatic rings. The molecule has 4 rings (SSSR count). The largest absolute Gasteiger partial charge is 0.367 e. The molecule has 0 saturated carbocycles. The lowest BCUT2D eigenvalue weighted by atomic mass is 10.1. The number of fused-ring (bicyclic) bond motifs is 1. The van der Waals surface area contributed by atoms with E-state index in [-0.39, 0.29) is 0 Å². The van der Waals surface area contributed by atoms with Gasteiger partial charge in [0.15, 0.2) is 5.96 Å². The van der Waals surface area contributed by atoms with Crippen LogP contribution in [-0.4, -0.2) is 53.4 Å². The summed E-state index contributed by atoms with van der Waals surface area (Å²) in [7, 11) is 3.81. The van der Waals surface area contributed by atoms with Crippen LogP contribution in [0.4, 0.5) is 5.69 Å². The van der Waals surface area contributed by atoms with Gasteiger partial charge in [-0.05, 0) is 37.3 Å². The van der Waals surface area contributed by atoms with Crippen molar-refractivity contribution in [2.45, 2.75) is 31.7 Å². The minimum absolute atomic E-state index is 0.392. The number of para-hydroxylation sites is 1. The molecule has 1 aromatic carbocycles. The fourth-order valence-electron chi connectivity index (χ4n) is 4.11. The van der Waals surface area contributed by atoms with Crippen LogP contribution in [0.2, 0.25) is 0 Å². The zero-order chi connectivity index (χ0) is 20.1. The molecule has 3 heterocycles. The molecule has 1 fully saturated rings. The number of aryl methyl sites for hydroxylation is 2. The van der Waals surface area contributed by atoms with E-state index in [0.717, 1.165) is 44.9 Å². The number of nitrogens with one attached hydrogen (secondary N) is 3. The second kappa shape index (κ2) is 9.03. The van der Waals surface area contributed by atoms with E-state index in [1.165, 1.54) is 28.6 Å². The highest BCUT2D eigenvalue weighted by Gasteiger charge is 2.21. The van der Waals surface area contributed by atoms with Crippen LogP contribution in [0.5, 0.6) is 0 Å². The summed E-state index contributed by atoms with van der Waals surface area (Å²) in [6.07, 6.45) is 10.6. The molecular weight excluding hydrogens is 362 g/mol. The van der Waals surface area contributed by atoms with Crippen molar-refractivity contribution < 1.29 is 0 Å². The summed E-state index contributed by atoms with van der Waals surface area (Å²) in [4.78, 5) is 10.2. The number of aliphatic imine (C=N–C) groups is 1. The molecule has 7 heteroatoms. The average molecular weight is 394 g/mol. The van der Waals surface area contributed by atoms with Gasteiger partial charge in [0.25, 0.3) is 0 Å². The van der Waals surface area contributed by atoms with E-state index >= 15 is 0 Å². The van der Waals surface area contributed by atoms with Gasteiger partial charge in [0, 0.05) is 63.1 Å². The molecule has 1 aliphatic heterocycles. The summed E-state index contributed by atoms with van der Waals surface area (Å²) in [5, 5.41) is 12.7. The average Bonchev–Trinajstić information content (AvgIpc) is 3.37. The Kier molecular flexibility index (Phi) is 6.03. The third-order valence-electron chi connectivity index (χ3n) is 5.63. The molecule has 7 nitrogen and oxygen atoms in total. The van der Waals surface area contributed by atoms with Gasteiger partial charge < -0.3 is 20.5 Å². The molecule has 154 valence electrons. The maximum atomic E-state index is 4.42. The Morgan fingerprint density at radius 1 is 1.34 bits per heavy atom. The molecule has 1 unspecified atom stereocenters. The summed E-state index contributed by atoms with van der Waals surface area (Å²) < 4.78 is 1.86. The molecule has 29 heavy (non-hydrogen) atoms. The molecule has 1 saturated heterocycles. The van der Waals surface area contributed by atoms with Crippen LogP contribution in [0.1, 0.15) is 24.8 Å². The fourth-order valence-corrected chi connectivity index (χ4v) is 4.11. The van der Waals surface area contributed by atoms with E-state index in [9.17, 15) is 0 Å². The van der Waals surface area contributed by atoms with Gasteiger partial charge >= 0.3 is 0 Å². The Labute approximate surface area is 172 Å². The Balaban J connectivity index is 1.24. The van der Waals surface area contributed by atoms with Gasteiger partial charge in [-0.1, -0.05) is 18.2 Å². The van der Waals surface area contributed by atoms with Crippen molar-refractivity contribution in [3.8, 4) is 0 Å². The smallest absolute Gasteiger partial charge is 0.191 e. The second-order valence-electron chi connectivity index (χ2n) is 7.76. The third kappa shape index (κ3) is 4.72. The SMILES string of the molecule is CN=C(NCCCc1c[nH]c2ccccc12)NC1CCCN(c2cnn(C)c2)C1. The van der Waals surface area contributed by atoms with Gasteiger partial charge in [-0.25, -0.2) is 0 Å². The minimum atomic E-state index is 0.392. The van der Waals surface area contributed by atoms with E-state index in [1.807, 2.05) is 25.0 Å². The van der Waals surface area contributed by atoms with Crippen LogP contribution < -0.4 is 15.5 Å². The van der Waals surface area contributed by atoms with E-state index in [2.05, 4.69) is 67.3 Å². The summed E-state index contributed by atoms with van der Waals surface area (Å²) in [6, 6.07) is 8.88. The Morgan fingerprint density at radius 2 is 2.24 bits per heavy atom. The number of H-pyrrole nitrogens is 1. The molecule has 1 atom stereocenters. The second-order valence-corrected chi connectivity index (χ2v) is 7.76. The Hall–Kier alpha value is -2.96. The molecule has 3 N–H and O–H groups in total. The molecule has 0 spiro atoms. The fraction of sp³-hybridized carbons (Fsp3) is 0.455. The maximum Gasteiger partial charge on any atom is 0.191 e. The number of guanidine groups is 1. The predicted molar refractivity (Wildman–Crippen MR) is 120 cm³/mol. The van der Waals surface area contributed by atoms with E-state index in [0.29, 0.717) is 6.04 Å². The number of hydrogen-bond donors (Lipinski definition) is 3. The van der Waals surface area contributed by atoms with Gasteiger partial charge in [0.1, 0.15) is 0 Å². The van der Waals surface area contributed by atoms with Gasteiger partial charge in [0.2, 0.25) is 0 Å². The molecule has 1 aliphatic rings. The van der Waals surface area contributed by atoms with Crippen molar-refractivity contribution in [1.29, 1.82) is 0 Å². The first-order chi connectivity index (χ1) is 14.2. The Bertz CT molecular complexity index is 955. The van der Waals surface area contributed by atoms with Gasteiger partial charge in [-0.15, -0.1) is 0 Å². The van der Waals surface area contributed by atoms with Gasteiger partial charge in [-0.2, -0.15) is 5.10 Å². The van der Waals surface area contributed by atoms with Crippen molar-refractivity contribution in [1.82, 2.24) is 25.4 Å². The van der Waals surface area contributed by atoms with E-state index in [4.69, 9.17) is 0 Å². The highest BCUT2D eigenvalue weighted by Crippen LogP contribution is 2.20. The maximum absolute atomic E-state index is 4.42. The number of piperidine rings is 1. The number of hydrogen-bond acceptors (Lipinski definition) is 3. The first-order valence-corrected chi connectivity index (χ1v) is 10.5. The van der Waals surface area contributed by atoms with Crippen LogP contribution in [0.25, 0.3) is 10.9 Å². The van der Waals surface area contributed by atoms with Gasteiger partial charge in [-0.3, -0.25) is 9.67 Å². The number of nitrogens with zero attached hydrogens (tertiary/aromatic N) is 4. The zero-order valence-corrected chi connectivity index (χ0v) is 17.4. The van der Waals surface area contributed by atoms with Crippen molar-refractivity contribution in [2.75, 3.05) is 31.6 Å². The number of aromatic nitrogens is 3. The lowest BCUT2D eigenvalue weighted by Crippen LogP contribution is -2.51. The quantitative estimate of drug-likeness (QED) is 0.342. The lowest BCUT2D eigenvalue weighted by Gasteiger charge is -2.34. The first kappa shape index (κ1) is 19.4. The summed E-state index contributed by atoms with van der Waals surface area (Å²) in [5.41, 5.74) is 3.79. The lowest BCUT2D eigenvalue weighted by molar-refractivity contribution is 0.468. The first-order valence-electron chi connectivity index (χ1n) is 10.5. The third-order valence-corrected chi connectivity index (χ3v) is 5.63. The van der Waals surface area contributed by atoms with Crippen molar-refractivity contribution in [3.05, 3.63) is 48.4 Å². The molecule has 0 bridgehead atoms. The summed E-state index contributed by atoms with van der Waals surface area (Å²) in [6.45, 7) is 2.96. The Morgan fingerprint density at radius 3 is 3.07 bits per heavy atom. The van der Waals surface area contributed by atoms with E-state index < -0.39 is 0 Å². The molecule has 2 aromatic heterocycles. The van der Waals surface area contributed by atoms with E-state index in [1.54, 1.807) is 0 Å². The van der Waals surface area contributed by atoms with Crippen LogP contribution in [0.15, 0.2) is 47.8 Å². The van der Waals surface area contributed by atoms with Gasteiger partial charge in [0.05, 0.1) is 11.9 Å². The van der Waals surface area contributed by atoms with Crippen LogP contribution in [0, 0.1) is 0 Å². The zero-order valence-electron chi connectivity index (χ0n) is 17.4. The highest BCUT2D eigenvalue weighted by atomic mass is 15.3. The van der Waals surface area contributed by atoms with Crippen LogP contribution in [-0.2, 0) is 13.5 Å². The molecular formula is C22H31N7. The number of rotatable bonds is 6. The predicted octanol–water partition coefficient (Wildman–Crippen LogP) is 2.67. The number of anilines is 1. The number of aromatic amines is 1. The molecule has 0 amide bonds. The summed E-state index contributed by atoms with van der Waals surface area (Å²) in [5.74, 6) is 0.891. The highest BCUT2D eigenvalue weighted by molar-refractivity contribution is 5.83. The number of benzene rings is 1. The molecule has 0 radical (unpaired) electrons. The van der Waals surface area contributed by atoms with Crippen LogP contribution >= 0.6 is 0 Å². The topological polar surface area (TPSA) is 73.3 Å². The standard InChI is InChI=1S/C22H31N7/c1-23-22(24-11-5-7-17-13-25-21-10-4-3-9-20(17)21)27-18-8-6-12-29(15-18)19-14-26-28(2)16-19/h3-4,9-10,13-14,16,18,25H,5-8,11-12,15H2,1-2H3,(H2,23,24,27). The molecule has 0 aliphatic carbocycles.